The predicted molar refractivity (Wildman–Crippen MR) is 109 cm³/mol. The van der Waals surface area contributed by atoms with Crippen LogP contribution in [0.4, 0.5) is 14.5 Å². The Bertz CT molecular complexity index is 917. The average Bonchev–Trinajstić information content (AvgIpc) is 2.70. The first kappa shape index (κ1) is 21.7. The molecule has 1 N–H and O–H groups in total. The van der Waals surface area contributed by atoms with Gasteiger partial charge in [0.25, 0.3) is 5.76 Å². The van der Waals surface area contributed by atoms with Crippen LogP contribution in [-0.4, -0.2) is 62.0 Å². The fourth-order valence-corrected chi connectivity index (χ4v) is 4.94. The van der Waals surface area contributed by atoms with Gasteiger partial charge in [0.2, 0.25) is 15.9 Å². The van der Waals surface area contributed by atoms with E-state index in [1.54, 1.807) is 42.5 Å². The lowest BCUT2D eigenvalue weighted by Gasteiger charge is -2.33. The Morgan fingerprint density at radius 3 is 2.21 bits per heavy atom. The van der Waals surface area contributed by atoms with Crippen molar-refractivity contribution < 1.29 is 22.0 Å². The molecule has 0 aliphatic carbocycles. The quantitative estimate of drug-likeness (QED) is 0.669. The minimum absolute atomic E-state index is 0.132. The Balaban J connectivity index is 1.48. The highest BCUT2D eigenvalue weighted by Gasteiger charge is 2.28. The van der Waals surface area contributed by atoms with Crippen molar-refractivity contribution >= 4 is 33.4 Å². The summed E-state index contributed by atoms with van der Waals surface area (Å²) in [5, 5.41) is 2.73. The van der Waals surface area contributed by atoms with Gasteiger partial charge < -0.3 is 5.32 Å². The third-order valence-corrected chi connectivity index (χ3v) is 7.08. The fraction of sp³-hybridized carbons (Fsp3) is 0.316. The lowest BCUT2D eigenvalue weighted by atomic mass is 10.3. The standard InChI is InChI=1S/C19H21F2N3O3S2/c20-19(21)28-16-8-6-15(7-9-16)22-18(25)14-23-10-12-24(13-11-23)29(26,27)17-4-2-1-3-5-17/h1-9,19H,10-14H2,(H,22,25). The Morgan fingerprint density at radius 1 is 1.00 bits per heavy atom. The molecule has 29 heavy (non-hydrogen) atoms. The van der Waals surface area contributed by atoms with Crippen molar-refractivity contribution in [3.05, 3.63) is 54.6 Å². The van der Waals surface area contributed by atoms with E-state index in [0.717, 1.165) is 0 Å². The number of anilines is 1. The molecule has 10 heteroatoms. The summed E-state index contributed by atoms with van der Waals surface area (Å²) < 4.78 is 51.4. The summed E-state index contributed by atoms with van der Waals surface area (Å²) in [5.41, 5.74) is 0.527. The van der Waals surface area contributed by atoms with Gasteiger partial charge in [-0.05, 0) is 36.4 Å². The monoisotopic (exact) mass is 441 g/mol. The molecule has 0 aromatic heterocycles. The van der Waals surface area contributed by atoms with Gasteiger partial charge in [0.15, 0.2) is 0 Å². The van der Waals surface area contributed by atoms with E-state index in [-0.39, 0.29) is 17.3 Å². The number of carbonyl (C=O) groups excluding carboxylic acids is 1. The molecule has 2 aromatic carbocycles. The molecule has 3 rings (SSSR count). The fourth-order valence-electron chi connectivity index (χ4n) is 2.99. The number of amides is 1. The molecular weight excluding hydrogens is 420 g/mol. The van der Waals surface area contributed by atoms with E-state index in [1.165, 1.54) is 16.4 Å². The van der Waals surface area contributed by atoms with Crippen molar-refractivity contribution in [2.45, 2.75) is 15.5 Å². The molecule has 0 unspecified atom stereocenters. The van der Waals surface area contributed by atoms with Gasteiger partial charge >= 0.3 is 0 Å². The Hall–Kier alpha value is -2.01. The molecule has 156 valence electrons. The van der Waals surface area contributed by atoms with E-state index >= 15 is 0 Å². The molecule has 0 radical (unpaired) electrons. The molecule has 1 fully saturated rings. The molecule has 0 saturated carbocycles. The van der Waals surface area contributed by atoms with Gasteiger partial charge in [-0.2, -0.15) is 13.1 Å². The summed E-state index contributed by atoms with van der Waals surface area (Å²) >= 11 is 0.447. The zero-order chi connectivity index (χ0) is 20.9. The summed E-state index contributed by atoms with van der Waals surface area (Å²) in [6.07, 6.45) is 0. The van der Waals surface area contributed by atoms with Gasteiger partial charge in [-0.3, -0.25) is 9.69 Å². The van der Waals surface area contributed by atoms with Crippen LogP contribution in [0, 0.1) is 0 Å². The molecule has 6 nitrogen and oxygen atoms in total. The lowest BCUT2D eigenvalue weighted by Crippen LogP contribution is -2.50. The van der Waals surface area contributed by atoms with Gasteiger partial charge in [-0.25, -0.2) is 8.42 Å². The van der Waals surface area contributed by atoms with E-state index in [2.05, 4.69) is 5.32 Å². The molecule has 0 atom stereocenters. The number of hydrogen-bond acceptors (Lipinski definition) is 5. The second-order valence-electron chi connectivity index (χ2n) is 6.44. The highest BCUT2D eigenvalue weighted by molar-refractivity contribution is 7.99. The Kier molecular flexibility index (Phi) is 7.23. The highest BCUT2D eigenvalue weighted by atomic mass is 32.2. The zero-order valence-corrected chi connectivity index (χ0v) is 17.1. The van der Waals surface area contributed by atoms with E-state index in [0.29, 0.717) is 48.5 Å². The van der Waals surface area contributed by atoms with Crippen LogP contribution >= 0.6 is 11.8 Å². The summed E-state index contributed by atoms with van der Waals surface area (Å²) in [7, 11) is -3.52. The van der Waals surface area contributed by atoms with Gasteiger partial charge in [0, 0.05) is 36.8 Å². The molecule has 1 amide bonds. The number of rotatable bonds is 7. The molecule has 1 aliphatic rings. The SMILES string of the molecule is O=C(CN1CCN(S(=O)(=O)c2ccccc2)CC1)Nc1ccc(SC(F)F)cc1. The largest absolute Gasteiger partial charge is 0.325 e. The Labute approximate surface area is 172 Å². The smallest absolute Gasteiger partial charge is 0.288 e. The van der Waals surface area contributed by atoms with E-state index in [4.69, 9.17) is 0 Å². The summed E-state index contributed by atoms with van der Waals surface area (Å²) in [4.78, 5) is 14.8. The molecule has 2 aromatic rings. The number of nitrogens with zero attached hydrogens (tertiary/aromatic N) is 2. The van der Waals surface area contributed by atoms with Crippen molar-refractivity contribution in [1.29, 1.82) is 0 Å². The van der Waals surface area contributed by atoms with Crippen LogP contribution in [0.2, 0.25) is 0 Å². The van der Waals surface area contributed by atoms with E-state index in [1.807, 2.05) is 4.90 Å². The normalized spacial score (nSPS) is 16.1. The number of nitrogens with one attached hydrogen (secondary N) is 1. The summed E-state index contributed by atoms with van der Waals surface area (Å²) in [6, 6.07) is 14.5. The molecular formula is C19H21F2N3O3S2. The average molecular weight is 442 g/mol. The molecule has 1 aliphatic heterocycles. The summed E-state index contributed by atoms with van der Waals surface area (Å²) in [5.74, 6) is -2.72. The maximum Gasteiger partial charge on any atom is 0.288 e. The number of piperazine rings is 1. The van der Waals surface area contributed by atoms with Gasteiger partial charge in [-0.1, -0.05) is 30.0 Å². The van der Waals surface area contributed by atoms with Crippen LogP contribution in [0.25, 0.3) is 0 Å². The topological polar surface area (TPSA) is 69.7 Å². The second-order valence-corrected chi connectivity index (χ2v) is 9.45. The van der Waals surface area contributed by atoms with Crippen LogP contribution in [0.1, 0.15) is 0 Å². The zero-order valence-electron chi connectivity index (χ0n) is 15.5. The first-order valence-electron chi connectivity index (χ1n) is 8.97. The van der Waals surface area contributed by atoms with Crippen LogP contribution in [0.15, 0.2) is 64.4 Å². The number of thioether (sulfide) groups is 1. The first-order chi connectivity index (χ1) is 13.8. The third-order valence-electron chi connectivity index (χ3n) is 4.44. The number of carbonyl (C=O) groups is 1. The van der Waals surface area contributed by atoms with Gasteiger partial charge in [0.1, 0.15) is 0 Å². The van der Waals surface area contributed by atoms with Gasteiger partial charge in [-0.15, -0.1) is 0 Å². The van der Waals surface area contributed by atoms with Crippen molar-refractivity contribution in [1.82, 2.24) is 9.21 Å². The van der Waals surface area contributed by atoms with Crippen LogP contribution in [0.3, 0.4) is 0 Å². The predicted octanol–water partition coefficient (Wildman–Crippen LogP) is 2.95. The number of sulfonamides is 1. The van der Waals surface area contributed by atoms with Crippen molar-refractivity contribution in [3.63, 3.8) is 0 Å². The molecule has 1 heterocycles. The van der Waals surface area contributed by atoms with Gasteiger partial charge in [0.05, 0.1) is 11.4 Å². The number of alkyl halides is 2. The third kappa shape index (κ3) is 5.99. The minimum Gasteiger partial charge on any atom is -0.325 e. The summed E-state index contributed by atoms with van der Waals surface area (Å²) in [6.45, 7) is 1.65. The molecule has 1 saturated heterocycles. The molecule has 0 spiro atoms. The number of benzene rings is 2. The maximum absolute atomic E-state index is 12.6. The Morgan fingerprint density at radius 2 is 1.62 bits per heavy atom. The van der Waals surface area contributed by atoms with Crippen molar-refractivity contribution in [2.75, 3.05) is 38.0 Å². The van der Waals surface area contributed by atoms with Crippen molar-refractivity contribution in [2.24, 2.45) is 0 Å². The van der Waals surface area contributed by atoms with E-state index in [9.17, 15) is 22.0 Å². The van der Waals surface area contributed by atoms with Crippen LogP contribution in [0.5, 0.6) is 0 Å². The first-order valence-corrected chi connectivity index (χ1v) is 11.3. The van der Waals surface area contributed by atoms with E-state index < -0.39 is 15.8 Å². The minimum atomic E-state index is -3.52. The molecule has 0 bridgehead atoms. The van der Waals surface area contributed by atoms with Crippen molar-refractivity contribution in [3.8, 4) is 0 Å². The number of hydrogen-bond donors (Lipinski definition) is 1. The lowest BCUT2D eigenvalue weighted by molar-refractivity contribution is -0.117. The number of halogens is 2. The van der Waals surface area contributed by atoms with Crippen LogP contribution < -0.4 is 5.32 Å². The highest BCUT2D eigenvalue weighted by Crippen LogP contribution is 2.26. The maximum atomic E-state index is 12.6. The van der Waals surface area contributed by atoms with Crippen LogP contribution in [-0.2, 0) is 14.8 Å². The second kappa shape index (κ2) is 9.66.